The Morgan fingerprint density at radius 1 is 1.17 bits per heavy atom. The van der Waals surface area contributed by atoms with Crippen LogP contribution in [0.4, 0.5) is 0 Å². The number of carboxylic acids is 1. The minimum atomic E-state index is -0.818. The van der Waals surface area contributed by atoms with Gasteiger partial charge in [-0.3, -0.25) is 9.59 Å². The second kappa shape index (κ2) is 5.95. The average Bonchev–Trinajstić information content (AvgIpc) is 2.96. The molecule has 0 aromatic heterocycles. The van der Waals surface area contributed by atoms with E-state index in [4.69, 9.17) is 5.11 Å². The van der Waals surface area contributed by atoms with E-state index in [1.807, 2.05) is 11.8 Å². The van der Waals surface area contributed by atoms with Gasteiger partial charge in [-0.25, -0.2) is 0 Å². The van der Waals surface area contributed by atoms with Gasteiger partial charge in [-0.2, -0.15) is 11.8 Å². The number of hydrogen-bond acceptors (Lipinski definition) is 3. The Bertz CT molecular complexity index is 334. The maximum Gasteiger partial charge on any atom is 0.307 e. The minimum absolute atomic E-state index is 0.0355. The molecule has 5 heteroatoms. The molecule has 0 saturated heterocycles. The fraction of sp³-hybridized carbons (Fsp3) is 0.846. The topological polar surface area (TPSA) is 66.4 Å². The van der Waals surface area contributed by atoms with Crippen molar-refractivity contribution in [3.8, 4) is 0 Å². The summed E-state index contributed by atoms with van der Waals surface area (Å²) in [6.07, 6.45) is 7.53. The Balaban J connectivity index is 1.86. The van der Waals surface area contributed by atoms with Crippen LogP contribution >= 0.6 is 11.8 Å². The van der Waals surface area contributed by atoms with Gasteiger partial charge in [0.1, 0.15) is 0 Å². The standard InChI is InChI=1S/C13H21NO3S/c1-18-9-6-5-8(7-9)14-12(15)10-3-2-4-11(10)13(16)17/h8-11H,2-7H2,1H3,(H,14,15)(H,16,17). The Morgan fingerprint density at radius 3 is 2.50 bits per heavy atom. The molecule has 4 atom stereocenters. The van der Waals surface area contributed by atoms with Gasteiger partial charge < -0.3 is 10.4 Å². The zero-order valence-electron chi connectivity index (χ0n) is 10.7. The molecule has 0 spiro atoms. The molecule has 0 aromatic rings. The molecular formula is C13H21NO3S. The van der Waals surface area contributed by atoms with E-state index in [2.05, 4.69) is 11.6 Å². The normalized spacial score (nSPS) is 35.6. The van der Waals surface area contributed by atoms with Crippen LogP contribution in [-0.4, -0.2) is 34.5 Å². The summed E-state index contributed by atoms with van der Waals surface area (Å²) in [5.41, 5.74) is 0. The Labute approximate surface area is 112 Å². The summed E-state index contributed by atoms with van der Waals surface area (Å²) in [5, 5.41) is 12.8. The van der Waals surface area contributed by atoms with E-state index in [0.717, 1.165) is 32.1 Å². The van der Waals surface area contributed by atoms with Gasteiger partial charge in [0.25, 0.3) is 0 Å². The number of carbonyl (C=O) groups is 2. The number of nitrogens with one attached hydrogen (secondary N) is 1. The monoisotopic (exact) mass is 271 g/mol. The second-order valence-corrected chi connectivity index (χ2v) is 6.50. The predicted molar refractivity (Wildman–Crippen MR) is 71.6 cm³/mol. The maximum atomic E-state index is 12.1. The molecule has 2 N–H and O–H groups in total. The smallest absolute Gasteiger partial charge is 0.307 e. The zero-order valence-corrected chi connectivity index (χ0v) is 11.5. The molecule has 2 fully saturated rings. The Hall–Kier alpha value is -0.710. The summed E-state index contributed by atoms with van der Waals surface area (Å²) in [5.74, 6) is -1.63. The van der Waals surface area contributed by atoms with Crippen LogP contribution in [0.25, 0.3) is 0 Å². The van der Waals surface area contributed by atoms with Gasteiger partial charge in [0.05, 0.1) is 11.8 Å². The molecule has 2 saturated carbocycles. The molecule has 102 valence electrons. The van der Waals surface area contributed by atoms with Crippen LogP contribution in [-0.2, 0) is 9.59 Å². The van der Waals surface area contributed by atoms with E-state index < -0.39 is 11.9 Å². The molecule has 0 aromatic carbocycles. The summed E-state index contributed by atoms with van der Waals surface area (Å²) in [7, 11) is 0. The molecule has 2 aliphatic rings. The van der Waals surface area contributed by atoms with Crippen LogP contribution < -0.4 is 5.32 Å². The molecule has 18 heavy (non-hydrogen) atoms. The van der Waals surface area contributed by atoms with Gasteiger partial charge in [-0.1, -0.05) is 6.42 Å². The summed E-state index contributed by atoms with van der Waals surface area (Å²) in [4.78, 5) is 23.2. The van der Waals surface area contributed by atoms with Gasteiger partial charge >= 0.3 is 5.97 Å². The molecule has 0 bridgehead atoms. The number of carbonyl (C=O) groups excluding carboxylic acids is 1. The molecule has 0 radical (unpaired) electrons. The lowest BCUT2D eigenvalue weighted by Crippen LogP contribution is -2.40. The van der Waals surface area contributed by atoms with E-state index >= 15 is 0 Å². The van der Waals surface area contributed by atoms with Gasteiger partial charge in [-0.05, 0) is 38.4 Å². The Morgan fingerprint density at radius 2 is 1.89 bits per heavy atom. The fourth-order valence-corrected chi connectivity index (χ4v) is 3.96. The minimum Gasteiger partial charge on any atom is -0.481 e. The Kier molecular flexibility index (Phi) is 4.54. The van der Waals surface area contributed by atoms with Gasteiger partial charge in [0.15, 0.2) is 0 Å². The van der Waals surface area contributed by atoms with Crippen molar-refractivity contribution < 1.29 is 14.7 Å². The third-order valence-corrected chi connectivity index (χ3v) is 5.33. The van der Waals surface area contributed by atoms with E-state index in [-0.39, 0.29) is 17.9 Å². The molecule has 2 aliphatic carbocycles. The number of thioether (sulfide) groups is 1. The van der Waals surface area contributed by atoms with Crippen molar-refractivity contribution >= 4 is 23.6 Å². The highest BCUT2D eigenvalue weighted by molar-refractivity contribution is 7.99. The molecule has 4 nitrogen and oxygen atoms in total. The van der Waals surface area contributed by atoms with Crippen molar-refractivity contribution in [3.05, 3.63) is 0 Å². The highest BCUT2D eigenvalue weighted by atomic mass is 32.2. The third-order valence-electron chi connectivity index (χ3n) is 4.23. The predicted octanol–water partition coefficient (Wildman–Crippen LogP) is 1.89. The number of amides is 1. The molecule has 4 unspecified atom stereocenters. The first-order valence-electron chi connectivity index (χ1n) is 6.67. The van der Waals surface area contributed by atoms with Crippen LogP contribution in [0.3, 0.4) is 0 Å². The van der Waals surface area contributed by atoms with Gasteiger partial charge in [0, 0.05) is 11.3 Å². The van der Waals surface area contributed by atoms with Crippen molar-refractivity contribution in [2.45, 2.75) is 49.8 Å². The number of rotatable bonds is 4. The number of hydrogen-bond donors (Lipinski definition) is 2. The second-order valence-electron chi connectivity index (χ2n) is 5.36. The quantitative estimate of drug-likeness (QED) is 0.819. The van der Waals surface area contributed by atoms with E-state index in [9.17, 15) is 9.59 Å². The van der Waals surface area contributed by atoms with Crippen molar-refractivity contribution in [3.63, 3.8) is 0 Å². The lowest BCUT2D eigenvalue weighted by molar-refractivity contribution is -0.146. The summed E-state index contributed by atoms with van der Waals surface area (Å²) in [6, 6.07) is 0.255. The van der Waals surface area contributed by atoms with E-state index in [1.54, 1.807) is 0 Å². The van der Waals surface area contributed by atoms with Crippen LogP contribution in [0.1, 0.15) is 38.5 Å². The summed E-state index contributed by atoms with van der Waals surface area (Å²) < 4.78 is 0. The average molecular weight is 271 g/mol. The first-order chi connectivity index (χ1) is 8.61. The lowest BCUT2D eigenvalue weighted by atomic mass is 9.95. The van der Waals surface area contributed by atoms with E-state index in [0.29, 0.717) is 11.7 Å². The van der Waals surface area contributed by atoms with E-state index in [1.165, 1.54) is 0 Å². The van der Waals surface area contributed by atoms with Crippen LogP contribution in [0.2, 0.25) is 0 Å². The molecule has 2 rings (SSSR count). The first-order valence-corrected chi connectivity index (χ1v) is 7.96. The number of carboxylic acid groups (broad SMARTS) is 1. The van der Waals surface area contributed by atoms with Crippen molar-refractivity contribution in [1.29, 1.82) is 0 Å². The van der Waals surface area contributed by atoms with Crippen LogP contribution in [0, 0.1) is 11.8 Å². The van der Waals surface area contributed by atoms with Crippen LogP contribution in [0.15, 0.2) is 0 Å². The molecule has 1 amide bonds. The highest BCUT2D eigenvalue weighted by Gasteiger charge is 2.38. The molecule has 0 heterocycles. The van der Waals surface area contributed by atoms with Crippen molar-refractivity contribution in [2.75, 3.05) is 6.26 Å². The lowest BCUT2D eigenvalue weighted by Gasteiger charge is -2.19. The largest absolute Gasteiger partial charge is 0.481 e. The summed E-state index contributed by atoms with van der Waals surface area (Å²) >= 11 is 1.86. The van der Waals surface area contributed by atoms with Crippen LogP contribution in [0.5, 0.6) is 0 Å². The third kappa shape index (κ3) is 2.99. The maximum absolute atomic E-state index is 12.1. The van der Waals surface area contributed by atoms with Crippen molar-refractivity contribution in [2.24, 2.45) is 11.8 Å². The first kappa shape index (κ1) is 13.7. The summed E-state index contributed by atoms with van der Waals surface area (Å²) in [6.45, 7) is 0. The van der Waals surface area contributed by atoms with Gasteiger partial charge in [-0.15, -0.1) is 0 Å². The molecule has 0 aliphatic heterocycles. The highest BCUT2D eigenvalue weighted by Crippen LogP contribution is 2.33. The van der Waals surface area contributed by atoms with Gasteiger partial charge in [0.2, 0.25) is 5.91 Å². The van der Waals surface area contributed by atoms with Crippen molar-refractivity contribution in [1.82, 2.24) is 5.32 Å². The fourth-order valence-electron chi connectivity index (χ4n) is 3.16. The SMILES string of the molecule is CSC1CCC(NC(=O)C2CCCC2C(=O)O)C1. The number of aliphatic carboxylic acids is 1. The zero-order chi connectivity index (χ0) is 13.1. The molecular weight excluding hydrogens is 250 g/mol.